The van der Waals surface area contributed by atoms with Crippen LogP contribution in [-0.2, 0) is 9.59 Å². The Morgan fingerprint density at radius 2 is 1.74 bits per heavy atom. The molecule has 1 heterocycles. The number of benzene rings is 3. The third kappa shape index (κ3) is 6.42. The molecule has 0 aromatic heterocycles. The number of para-hydroxylation sites is 1. The molecule has 1 N–H and O–H groups in total. The number of ether oxygens (including phenoxy) is 3. The van der Waals surface area contributed by atoms with Gasteiger partial charge < -0.3 is 24.4 Å². The van der Waals surface area contributed by atoms with Crippen molar-refractivity contribution in [3.8, 4) is 17.2 Å². The molecule has 8 heteroatoms. The number of amides is 2. The van der Waals surface area contributed by atoms with Gasteiger partial charge in [-0.25, -0.2) is 0 Å². The largest absolute Gasteiger partial charge is 0.494 e. The van der Waals surface area contributed by atoms with E-state index in [1.807, 2.05) is 30.3 Å². The van der Waals surface area contributed by atoms with Crippen LogP contribution in [0.2, 0.25) is 5.02 Å². The summed E-state index contributed by atoms with van der Waals surface area (Å²) in [4.78, 5) is 26.5. The zero-order valence-corrected chi connectivity index (χ0v) is 19.3. The molecule has 3 aromatic rings. The van der Waals surface area contributed by atoms with Crippen molar-refractivity contribution >= 4 is 34.8 Å². The summed E-state index contributed by atoms with van der Waals surface area (Å²) in [5, 5.41) is 3.47. The zero-order chi connectivity index (χ0) is 23.8. The molecule has 3 aromatic carbocycles. The predicted molar refractivity (Wildman–Crippen MR) is 131 cm³/mol. The Balaban J connectivity index is 1.30. The lowest BCUT2D eigenvalue weighted by atomic mass is 10.2. The first-order valence-electron chi connectivity index (χ1n) is 11.0. The number of anilines is 2. The molecule has 0 radical (unpaired) electrons. The van der Waals surface area contributed by atoms with Crippen molar-refractivity contribution in [2.75, 3.05) is 36.6 Å². The van der Waals surface area contributed by atoms with E-state index in [1.165, 1.54) is 0 Å². The molecule has 0 bridgehead atoms. The first-order valence-corrected chi connectivity index (χ1v) is 11.4. The van der Waals surface area contributed by atoms with Gasteiger partial charge in [-0.1, -0.05) is 29.8 Å². The normalized spacial score (nSPS) is 12.5. The highest BCUT2D eigenvalue weighted by atomic mass is 35.5. The number of hydrogen-bond acceptors (Lipinski definition) is 5. The molecule has 0 fully saturated rings. The van der Waals surface area contributed by atoms with Crippen LogP contribution < -0.4 is 24.4 Å². The average molecular weight is 481 g/mol. The van der Waals surface area contributed by atoms with Gasteiger partial charge in [-0.3, -0.25) is 9.59 Å². The fourth-order valence-electron chi connectivity index (χ4n) is 3.48. The maximum Gasteiger partial charge on any atom is 0.265 e. The number of rotatable bonds is 10. The van der Waals surface area contributed by atoms with Crippen molar-refractivity contribution in [1.29, 1.82) is 0 Å². The standard InChI is InChI=1S/C26H25ClN2O5/c27-19-8-11-22(12-9-19)32-15-5-4-14-29-23-16-20(10-13-24(23)34-18-26(29)31)28-25(30)17-33-21-6-2-1-3-7-21/h1-3,6-13,16H,4-5,14-15,17-18H2,(H,28,30). The summed E-state index contributed by atoms with van der Waals surface area (Å²) in [6.45, 7) is 0.928. The summed E-state index contributed by atoms with van der Waals surface area (Å²) in [5.74, 6) is 1.57. The fourth-order valence-corrected chi connectivity index (χ4v) is 3.61. The molecule has 176 valence electrons. The van der Waals surface area contributed by atoms with Crippen molar-refractivity contribution in [2.24, 2.45) is 0 Å². The topological polar surface area (TPSA) is 77.1 Å². The van der Waals surface area contributed by atoms with E-state index in [1.54, 1.807) is 47.4 Å². The summed E-state index contributed by atoms with van der Waals surface area (Å²) in [6.07, 6.45) is 1.52. The van der Waals surface area contributed by atoms with Crippen LogP contribution in [0.25, 0.3) is 0 Å². The second-order valence-electron chi connectivity index (χ2n) is 7.68. The SMILES string of the molecule is O=C(COc1ccccc1)Nc1ccc2c(c1)N(CCCCOc1ccc(Cl)cc1)C(=O)CO2. The van der Waals surface area contributed by atoms with E-state index in [0.717, 1.165) is 18.6 Å². The predicted octanol–water partition coefficient (Wildman–Crippen LogP) is 4.94. The van der Waals surface area contributed by atoms with Crippen molar-refractivity contribution in [3.05, 3.63) is 77.8 Å². The molecular formula is C26H25ClN2O5. The quantitative estimate of drug-likeness (QED) is 0.416. The number of unbranched alkanes of at least 4 members (excludes halogenated alkanes) is 1. The summed E-state index contributed by atoms with van der Waals surface area (Å²) < 4.78 is 16.8. The molecule has 1 aliphatic heterocycles. The van der Waals surface area contributed by atoms with Gasteiger partial charge in [0.1, 0.15) is 17.2 Å². The van der Waals surface area contributed by atoms with E-state index < -0.39 is 0 Å². The van der Waals surface area contributed by atoms with E-state index >= 15 is 0 Å². The maximum absolute atomic E-state index is 12.5. The minimum absolute atomic E-state index is 0.00903. The zero-order valence-electron chi connectivity index (χ0n) is 18.5. The molecule has 4 rings (SSSR count). The lowest BCUT2D eigenvalue weighted by Crippen LogP contribution is -2.39. The van der Waals surface area contributed by atoms with Gasteiger partial charge in [0.15, 0.2) is 13.2 Å². The van der Waals surface area contributed by atoms with Crippen LogP contribution in [0.5, 0.6) is 17.2 Å². The van der Waals surface area contributed by atoms with E-state index in [2.05, 4.69) is 5.32 Å². The smallest absolute Gasteiger partial charge is 0.265 e. The highest BCUT2D eigenvalue weighted by Gasteiger charge is 2.25. The number of halogens is 1. The molecule has 0 saturated carbocycles. The third-order valence-corrected chi connectivity index (χ3v) is 5.41. The van der Waals surface area contributed by atoms with E-state index in [0.29, 0.717) is 41.0 Å². The van der Waals surface area contributed by atoms with E-state index in [4.69, 9.17) is 25.8 Å². The van der Waals surface area contributed by atoms with Crippen LogP contribution >= 0.6 is 11.6 Å². The lowest BCUT2D eigenvalue weighted by Gasteiger charge is -2.30. The molecule has 0 unspecified atom stereocenters. The second-order valence-corrected chi connectivity index (χ2v) is 8.11. The van der Waals surface area contributed by atoms with Gasteiger partial charge in [-0.15, -0.1) is 0 Å². The van der Waals surface area contributed by atoms with Gasteiger partial charge in [0.05, 0.1) is 12.3 Å². The van der Waals surface area contributed by atoms with Crippen LogP contribution in [-0.4, -0.2) is 38.2 Å². The minimum Gasteiger partial charge on any atom is -0.494 e. The first-order chi connectivity index (χ1) is 16.6. The Morgan fingerprint density at radius 3 is 2.53 bits per heavy atom. The highest BCUT2D eigenvalue weighted by Crippen LogP contribution is 2.34. The van der Waals surface area contributed by atoms with Crippen molar-refractivity contribution < 1.29 is 23.8 Å². The Kier molecular flexibility index (Phi) is 7.88. The molecule has 1 aliphatic rings. The molecule has 34 heavy (non-hydrogen) atoms. The lowest BCUT2D eigenvalue weighted by molar-refractivity contribution is -0.121. The average Bonchev–Trinajstić information content (AvgIpc) is 2.85. The number of fused-ring (bicyclic) bond motifs is 1. The molecule has 7 nitrogen and oxygen atoms in total. The van der Waals surface area contributed by atoms with Crippen molar-refractivity contribution in [3.63, 3.8) is 0 Å². The Labute approximate surface area is 203 Å². The summed E-state index contributed by atoms with van der Waals surface area (Å²) in [7, 11) is 0. The summed E-state index contributed by atoms with van der Waals surface area (Å²) >= 11 is 5.88. The monoisotopic (exact) mass is 480 g/mol. The fraction of sp³-hybridized carbons (Fsp3) is 0.231. The van der Waals surface area contributed by atoms with Crippen LogP contribution in [0, 0.1) is 0 Å². The van der Waals surface area contributed by atoms with Crippen LogP contribution in [0.15, 0.2) is 72.8 Å². The second kappa shape index (κ2) is 11.4. The Bertz CT molecular complexity index is 1120. The summed E-state index contributed by atoms with van der Waals surface area (Å²) in [6, 6.07) is 21.6. The molecular weight excluding hydrogens is 456 g/mol. The van der Waals surface area contributed by atoms with Gasteiger partial charge in [-0.05, 0) is 67.4 Å². The molecule has 2 amide bonds. The number of carbonyl (C=O) groups excluding carboxylic acids is 2. The van der Waals surface area contributed by atoms with Gasteiger partial charge in [0.2, 0.25) is 0 Å². The van der Waals surface area contributed by atoms with Gasteiger partial charge in [0, 0.05) is 17.3 Å². The molecule has 0 atom stereocenters. The highest BCUT2D eigenvalue weighted by molar-refractivity contribution is 6.30. The molecule has 0 spiro atoms. The summed E-state index contributed by atoms with van der Waals surface area (Å²) in [5.41, 5.74) is 1.20. The molecule has 0 saturated heterocycles. The molecule has 0 aliphatic carbocycles. The van der Waals surface area contributed by atoms with E-state index in [9.17, 15) is 9.59 Å². The first kappa shape index (κ1) is 23.4. The van der Waals surface area contributed by atoms with Crippen LogP contribution in [0.1, 0.15) is 12.8 Å². The Morgan fingerprint density at radius 1 is 0.971 bits per heavy atom. The van der Waals surface area contributed by atoms with Crippen LogP contribution in [0.3, 0.4) is 0 Å². The van der Waals surface area contributed by atoms with Crippen molar-refractivity contribution in [2.45, 2.75) is 12.8 Å². The van der Waals surface area contributed by atoms with Gasteiger partial charge in [0.25, 0.3) is 11.8 Å². The number of nitrogens with one attached hydrogen (secondary N) is 1. The Hall–Kier alpha value is -3.71. The maximum atomic E-state index is 12.5. The third-order valence-electron chi connectivity index (χ3n) is 5.16. The van der Waals surface area contributed by atoms with Crippen LogP contribution in [0.4, 0.5) is 11.4 Å². The van der Waals surface area contributed by atoms with Gasteiger partial charge >= 0.3 is 0 Å². The number of hydrogen-bond donors (Lipinski definition) is 1. The van der Waals surface area contributed by atoms with E-state index in [-0.39, 0.29) is 25.0 Å². The number of nitrogens with zero attached hydrogens (tertiary/aromatic N) is 1. The van der Waals surface area contributed by atoms with Crippen molar-refractivity contribution in [1.82, 2.24) is 0 Å². The number of carbonyl (C=O) groups is 2. The minimum atomic E-state index is -0.294. The van der Waals surface area contributed by atoms with Gasteiger partial charge in [-0.2, -0.15) is 0 Å².